The van der Waals surface area contributed by atoms with Crippen molar-refractivity contribution in [2.45, 2.75) is 42.2 Å². The number of carbonyl (C=O) groups excluding carboxylic acids is 1. The summed E-state index contributed by atoms with van der Waals surface area (Å²) in [5.41, 5.74) is 0.868. The lowest BCUT2D eigenvalue weighted by Gasteiger charge is -2.10. The van der Waals surface area contributed by atoms with E-state index in [-0.39, 0.29) is 5.91 Å². The van der Waals surface area contributed by atoms with E-state index in [1.165, 1.54) is 25.7 Å². The van der Waals surface area contributed by atoms with Gasteiger partial charge in [-0.25, -0.2) is 4.98 Å². The summed E-state index contributed by atoms with van der Waals surface area (Å²) in [4.78, 5) is 17.4. The molecule has 0 saturated heterocycles. The standard InChI is InChI=1S/C17H21N3OS/c1-20-11-10-18-17(20)22-15-8-6-14(7-9-15)19-16(21)12-13-4-2-3-5-13/h6-11,13H,2-5,12H2,1H3,(H,19,21). The van der Waals surface area contributed by atoms with Crippen LogP contribution in [-0.2, 0) is 11.8 Å². The average molecular weight is 315 g/mol. The summed E-state index contributed by atoms with van der Waals surface area (Å²) >= 11 is 1.61. The van der Waals surface area contributed by atoms with Crippen LogP contribution in [0.2, 0.25) is 0 Å². The van der Waals surface area contributed by atoms with E-state index in [2.05, 4.69) is 10.3 Å². The van der Waals surface area contributed by atoms with Gasteiger partial charge in [0.25, 0.3) is 0 Å². The third kappa shape index (κ3) is 3.91. The number of hydrogen-bond acceptors (Lipinski definition) is 3. The first-order chi connectivity index (χ1) is 10.7. The van der Waals surface area contributed by atoms with Crippen molar-refractivity contribution >= 4 is 23.4 Å². The Bertz CT molecular complexity index is 630. The number of anilines is 1. The van der Waals surface area contributed by atoms with Gasteiger partial charge in [0.2, 0.25) is 5.91 Å². The molecular formula is C17H21N3OS. The van der Waals surface area contributed by atoms with E-state index < -0.39 is 0 Å². The summed E-state index contributed by atoms with van der Waals surface area (Å²) in [7, 11) is 1.98. The number of aromatic nitrogens is 2. The molecule has 0 aliphatic heterocycles. The molecule has 3 rings (SSSR count). The van der Waals surface area contributed by atoms with Gasteiger partial charge in [0.1, 0.15) is 0 Å². The second kappa shape index (κ2) is 7.01. The van der Waals surface area contributed by atoms with Crippen molar-refractivity contribution in [3.63, 3.8) is 0 Å². The van der Waals surface area contributed by atoms with Crippen molar-refractivity contribution < 1.29 is 4.79 Å². The van der Waals surface area contributed by atoms with Gasteiger partial charge in [-0.1, -0.05) is 24.6 Å². The molecule has 116 valence electrons. The maximum absolute atomic E-state index is 12.0. The second-order valence-electron chi connectivity index (χ2n) is 5.85. The predicted octanol–water partition coefficient (Wildman–Crippen LogP) is 4.09. The van der Waals surface area contributed by atoms with Crippen LogP contribution in [0.3, 0.4) is 0 Å². The Balaban J connectivity index is 1.54. The number of rotatable bonds is 5. The minimum atomic E-state index is 0.136. The summed E-state index contributed by atoms with van der Waals surface area (Å²) in [5.74, 6) is 0.717. The van der Waals surface area contributed by atoms with Gasteiger partial charge in [0, 0.05) is 36.4 Å². The van der Waals surface area contributed by atoms with Gasteiger partial charge in [0.15, 0.2) is 5.16 Å². The van der Waals surface area contributed by atoms with E-state index in [9.17, 15) is 4.79 Å². The Hall–Kier alpha value is -1.75. The first-order valence-electron chi connectivity index (χ1n) is 7.76. The molecule has 0 radical (unpaired) electrons. The number of aryl methyl sites for hydroxylation is 1. The Morgan fingerprint density at radius 2 is 2.05 bits per heavy atom. The molecule has 0 bridgehead atoms. The highest BCUT2D eigenvalue weighted by molar-refractivity contribution is 7.99. The third-order valence-corrected chi connectivity index (χ3v) is 5.16. The zero-order valence-corrected chi connectivity index (χ0v) is 13.6. The first kappa shape index (κ1) is 15.2. The van der Waals surface area contributed by atoms with E-state index >= 15 is 0 Å². The van der Waals surface area contributed by atoms with Crippen molar-refractivity contribution in [1.82, 2.24) is 9.55 Å². The van der Waals surface area contributed by atoms with Crippen LogP contribution in [-0.4, -0.2) is 15.5 Å². The zero-order valence-electron chi connectivity index (χ0n) is 12.8. The van der Waals surface area contributed by atoms with Crippen molar-refractivity contribution in [3.05, 3.63) is 36.7 Å². The molecule has 0 unspecified atom stereocenters. The van der Waals surface area contributed by atoms with Gasteiger partial charge in [-0.2, -0.15) is 0 Å². The Morgan fingerprint density at radius 3 is 2.68 bits per heavy atom. The van der Waals surface area contributed by atoms with Crippen LogP contribution in [0, 0.1) is 5.92 Å². The lowest BCUT2D eigenvalue weighted by molar-refractivity contribution is -0.117. The number of amides is 1. The fourth-order valence-electron chi connectivity index (χ4n) is 2.85. The fraction of sp³-hybridized carbons (Fsp3) is 0.412. The zero-order chi connectivity index (χ0) is 15.4. The van der Waals surface area contributed by atoms with Crippen molar-refractivity contribution in [1.29, 1.82) is 0 Å². The molecule has 22 heavy (non-hydrogen) atoms. The van der Waals surface area contributed by atoms with Gasteiger partial charge >= 0.3 is 0 Å². The molecule has 4 nitrogen and oxygen atoms in total. The molecule has 1 aliphatic carbocycles. The molecule has 1 saturated carbocycles. The van der Waals surface area contributed by atoms with Crippen molar-refractivity contribution in [3.8, 4) is 0 Å². The monoisotopic (exact) mass is 315 g/mol. The molecule has 1 fully saturated rings. The van der Waals surface area contributed by atoms with Crippen LogP contribution >= 0.6 is 11.8 Å². The normalized spacial score (nSPS) is 15.1. The first-order valence-corrected chi connectivity index (χ1v) is 8.57. The fourth-order valence-corrected chi connectivity index (χ4v) is 3.65. The number of hydrogen-bond donors (Lipinski definition) is 1. The summed E-state index contributed by atoms with van der Waals surface area (Å²) in [6.45, 7) is 0. The molecular weight excluding hydrogens is 294 g/mol. The Morgan fingerprint density at radius 1 is 1.32 bits per heavy atom. The lowest BCUT2D eigenvalue weighted by atomic mass is 10.0. The minimum absolute atomic E-state index is 0.136. The Kier molecular flexibility index (Phi) is 4.83. The molecule has 1 N–H and O–H groups in total. The molecule has 1 aromatic carbocycles. The van der Waals surface area contributed by atoms with E-state index in [4.69, 9.17) is 0 Å². The Labute approximate surface area is 135 Å². The van der Waals surface area contributed by atoms with Gasteiger partial charge < -0.3 is 9.88 Å². The summed E-state index contributed by atoms with van der Waals surface area (Å²) in [5, 5.41) is 3.95. The summed E-state index contributed by atoms with van der Waals surface area (Å²) in [6, 6.07) is 7.95. The van der Waals surface area contributed by atoms with E-state index in [0.29, 0.717) is 12.3 Å². The smallest absolute Gasteiger partial charge is 0.224 e. The molecule has 1 aromatic heterocycles. The maximum atomic E-state index is 12.0. The van der Waals surface area contributed by atoms with Gasteiger partial charge in [0.05, 0.1) is 0 Å². The number of carbonyl (C=O) groups is 1. The third-order valence-electron chi connectivity index (χ3n) is 4.07. The van der Waals surface area contributed by atoms with Crippen LogP contribution < -0.4 is 5.32 Å². The highest BCUT2D eigenvalue weighted by Gasteiger charge is 2.18. The predicted molar refractivity (Wildman–Crippen MR) is 89.0 cm³/mol. The van der Waals surface area contributed by atoms with Crippen molar-refractivity contribution in [2.24, 2.45) is 13.0 Å². The largest absolute Gasteiger partial charge is 0.329 e. The average Bonchev–Trinajstić information content (AvgIpc) is 3.14. The number of nitrogens with zero attached hydrogens (tertiary/aromatic N) is 2. The second-order valence-corrected chi connectivity index (χ2v) is 6.89. The van der Waals surface area contributed by atoms with E-state index in [1.54, 1.807) is 18.0 Å². The molecule has 5 heteroatoms. The topological polar surface area (TPSA) is 46.9 Å². The van der Waals surface area contributed by atoms with Crippen LogP contribution in [0.5, 0.6) is 0 Å². The van der Waals surface area contributed by atoms with Crippen molar-refractivity contribution in [2.75, 3.05) is 5.32 Å². The van der Waals surface area contributed by atoms with E-state index in [0.717, 1.165) is 15.7 Å². The number of benzene rings is 1. The van der Waals surface area contributed by atoms with Crippen LogP contribution in [0.4, 0.5) is 5.69 Å². The van der Waals surface area contributed by atoms with Crippen LogP contribution in [0.25, 0.3) is 0 Å². The maximum Gasteiger partial charge on any atom is 0.224 e. The molecule has 0 spiro atoms. The molecule has 1 amide bonds. The quantitative estimate of drug-likeness (QED) is 0.904. The summed E-state index contributed by atoms with van der Waals surface area (Å²) < 4.78 is 1.99. The minimum Gasteiger partial charge on any atom is -0.329 e. The SMILES string of the molecule is Cn1ccnc1Sc1ccc(NC(=O)CC2CCCC2)cc1. The van der Waals surface area contributed by atoms with E-state index in [1.807, 2.05) is 42.1 Å². The highest BCUT2D eigenvalue weighted by atomic mass is 32.2. The lowest BCUT2D eigenvalue weighted by Crippen LogP contribution is -2.14. The van der Waals surface area contributed by atoms with Gasteiger partial charge in [-0.15, -0.1) is 0 Å². The number of nitrogens with one attached hydrogen (secondary N) is 1. The number of imidazole rings is 1. The molecule has 1 aliphatic rings. The van der Waals surface area contributed by atoms with Gasteiger partial charge in [-0.3, -0.25) is 4.79 Å². The highest BCUT2D eigenvalue weighted by Crippen LogP contribution is 2.29. The molecule has 0 atom stereocenters. The molecule has 2 aromatic rings. The molecule has 1 heterocycles. The summed E-state index contributed by atoms with van der Waals surface area (Å²) in [6.07, 6.45) is 9.33. The van der Waals surface area contributed by atoms with Crippen LogP contribution in [0.1, 0.15) is 32.1 Å². The van der Waals surface area contributed by atoms with Gasteiger partial charge in [-0.05, 0) is 43.0 Å². The van der Waals surface area contributed by atoms with Crippen LogP contribution in [0.15, 0.2) is 46.7 Å².